The fourth-order valence-corrected chi connectivity index (χ4v) is 2.22. The van der Waals surface area contributed by atoms with Crippen LogP contribution in [0.2, 0.25) is 5.02 Å². The lowest BCUT2D eigenvalue weighted by atomic mass is 10.3. The van der Waals surface area contributed by atoms with E-state index in [9.17, 15) is 13.2 Å². The molecular weight excluding hydrogens is 268 g/mol. The molecule has 1 aromatic rings. The number of esters is 1. The molecule has 0 heterocycles. The summed E-state index contributed by atoms with van der Waals surface area (Å²) in [6.07, 6.45) is 0. The Hall–Kier alpha value is -1.31. The van der Waals surface area contributed by atoms with Crippen LogP contribution in [0.15, 0.2) is 23.1 Å². The molecule has 0 amide bonds. The van der Waals surface area contributed by atoms with E-state index in [1.54, 1.807) is 0 Å². The van der Waals surface area contributed by atoms with E-state index in [1.807, 2.05) is 0 Å². The standard InChI is InChI=1S/C9H11ClN2O4S/c1-16-9(13)5-12-17(14,15)6-2-3-8(11)7(10)4-6/h2-4,12H,5,11H2,1H3. The van der Waals surface area contributed by atoms with Crippen molar-refractivity contribution in [3.05, 3.63) is 23.2 Å². The molecule has 0 fully saturated rings. The number of ether oxygens (including phenoxy) is 1. The first kappa shape index (κ1) is 13.8. The molecule has 17 heavy (non-hydrogen) atoms. The van der Waals surface area contributed by atoms with Gasteiger partial charge in [0.25, 0.3) is 0 Å². The zero-order valence-corrected chi connectivity index (χ0v) is 10.5. The number of carbonyl (C=O) groups excluding carboxylic acids is 1. The third-order valence-corrected chi connectivity index (χ3v) is 3.64. The Morgan fingerprint density at radius 3 is 2.71 bits per heavy atom. The predicted molar refractivity (Wildman–Crippen MR) is 63.1 cm³/mol. The average molecular weight is 279 g/mol. The van der Waals surface area contributed by atoms with Gasteiger partial charge in [0.2, 0.25) is 10.0 Å². The second kappa shape index (κ2) is 5.35. The van der Waals surface area contributed by atoms with E-state index in [0.29, 0.717) is 0 Å². The molecule has 0 aromatic heterocycles. The fourth-order valence-electron chi connectivity index (χ4n) is 0.984. The zero-order valence-electron chi connectivity index (χ0n) is 8.94. The lowest BCUT2D eigenvalue weighted by molar-refractivity contribution is -0.139. The van der Waals surface area contributed by atoms with Gasteiger partial charge in [0, 0.05) is 0 Å². The highest BCUT2D eigenvalue weighted by atomic mass is 35.5. The van der Waals surface area contributed by atoms with Crippen molar-refractivity contribution in [1.29, 1.82) is 0 Å². The van der Waals surface area contributed by atoms with Crippen molar-refractivity contribution in [2.45, 2.75) is 4.90 Å². The number of anilines is 1. The summed E-state index contributed by atoms with van der Waals surface area (Å²) in [5.74, 6) is -0.685. The Labute approximate surface area is 104 Å². The van der Waals surface area contributed by atoms with Crippen molar-refractivity contribution in [2.75, 3.05) is 19.4 Å². The topological polar surface area (TPSA) is 98.5 Å². The minimum atomic E-state index is -3.80. The van der Waals surface area contributed by atoms with Crippen molar-refractivity contribution in [1.82, 2.24) is 4.72 Å². The van der Waals surface area contributed by atoms with E-state index < -0.39 is 22.5 Å². The minimum Gasteiger partial charge on any atom is -0.468 e. The van der Waals surface area contributed by atoms with Crippen LogP contribution < -0.4 is 10.5 Å². The van der Waals surface area contributed by atoms with Crippen LogP contribution in [0.4, 0.5) is 5.69 Å². The number of halogens is 1. The van der Waals surface area contributed by atoms with Gasteiger partial charge in [-0.2, -0.15) is 4.72 Å². The van der Waals surface area contributed by atoms with Gasteiger partial charge in [0.05, 0.1) is 22.7 Å². The Morgan fingerprint density at radius 2 is 2.18 bits per heavy atom. The monoisotopic (exact) mass is 278 g/mol. The summed E-state index contributed by atoms with van der Waals surface area (Å²) in [4.78, 5) is 10.7. The van der Waals surface area contributed by atoms with Gasteiger partial charge in [-0.3, -0.25) is 4.79 Å². The number of hydrogen-bond acceptors (Lipinski definition) is 5. The van der Waals surface area contributed by atoms with Crippen LogP contribution >= 0.6 is 11.6 Å². The van der Waals surface area contributed by atoms with Crippen molar-refractivity contribution in [3.63, 3.8) is 0 Å². The quantitative estimate of drug-likeness (QED) is 0.612. The number of hydrogen-bond donors (Lipinski definition) is 2. The van der Waals surface area contributed by atoms with E-state index in [0.717, 1.165) is 7.11 Å². The molecular formula is C9H11ClN2O4S. The first-order chi connectivity index (χ1) is 7.86. The Morgan fingerprint density at radius 1 is 1.53 bits per heavy atom. The Kier molecular flexibility index (Phi) is 4.33. The molecule has 0 aliphatic heterocycles. The number of sulfonamides is 1. The molecule has 0 saturated heterocycles. The van der Waals surface area contributed by atoms with Gasteiger partial charge in [-0.25, -0.2) is 8.42 Å². The number of methoxy groups -OCH3 is 1. The SMILES string of the molecule is COC(=O)CNS(=O)(=O)c1ccc(N)c(Cl)c1. The summed E-state index contributed by atoms with van der Waals surface area (Å²) in [5.41, 5.74) is 5.73. The maximum Gasteiger partial charge on any atom is 0.320 e. The summed E-state index contributed by atoms with van der Waals surface area (Å²) in [5, 5.41) is 0.131. The summed E-state index contributed by atoms with van der Waals surface area (Å²) < 4.78 is 29.8. The van der Waals surface area contributed by atoms with E-state index in [-0.39, 0.29) is 15.6 Å². The van der Waals surface area contributed by atoms with Crippen LogP contribution in [0.1, 0.15) is 0 Å². The molecule has 1 rings (SSSR count). The Bertz CT molecular complexity index is 530. The maximum absolute atomic E-state index is 11.7. The number of nitrogens with one attached hydrogen (secondary N) is 1. The normalized spacial score (nSPS) is 11.2. The number of carbonyl (C=O) groups is 1. The summed E-state index contributed by atoms with van der Waals surface area (Å²) in [6, 6.07) is 3.87. The smallest absolute Gasteiger partial charge is 0.320 e. The second-order valence-corrected chi connectivity index (χ2v) is 5.26. The predicted octanol–water partition coefficient (Wildman–Crippen LogP) is 0.374. The number of nitrogens with two attached hydrogens (primary N) is 1. The molecule has 6 nitrogen and oxygen atoms in total. The number of rotatable bonds is 4. The third-order valence-electron chi connectivity index (χ3n) is 1.92. The second-order valence-electron chi connectivity index (χ2n) is 3.08. The van der Waals surface area contributed by atoms with Gasteiger partial charge in [-0.1, -0.05) is 11.6 Å². The average Bonchev–Trinajstić information content (AvgIpc) is 2.29. The lowest BCUT2D eigenvalue weighted by Crippen LogP contribution is -2.30. The summed E-state index contributed by atoms with van der Waals surface area (Å²) in [6.45, 7) is -0.444. The number of benzene rings is 1. The van der Waals surface area contributed by atoms with Crippen molar-refractivity contribution in [3.8, 4) is 0 Å². The molecule has 0 aliphatic carbocycles. The molecule has 3 N–H and O–H groups in total. The highest BCUT2D eigenvalue weighted by molar-refractivity contribution is 7.89. The fraction of sp³-hybridized carbons (Fsp3) is 0.222. The largest absolute Gasteiger partial charge is 0.468 e. The van der Waals surface area contributed by atoms with Gasteiger partial charge in [0.1, 0.15) is 6.54 Å². The molecule has 0 bridgehead atoms. The van der Waals surface area contributed by atoms with Gasteiger partial charge < -0.3 is 10.5 Å². The van der Waals surface area contributed by atoms with Crippen molar-refractivity contribution >= 4 is 33.3 Å². The summed E-state index contributed by atoms with van der Waals surface area (Å²) in [7, 11) is -2.63. The van der Waals surface area contributed by atoms with Crippen molar-refractivity contribution in [2.24, 2.45) is 0 Å². The molecule has 8 heteroatoms. The van der Waals surface area contributed by atoms with E-state index >= 15 is 0 Å². The van der Waals surface area contributed by atoms with Gasteiger partial charge in [0.15, 0.2) is 0 Å². The van der Waals surface area contributed by atoms with Crippen LogP contribution in [0.5, 0.6) is 0 Å². The van der Waals surface area contributed by atoms with Gasteiger partial charge >= 0.3 is 5.97 Å². The molecule has 0 radical (unpaired) electrons. The first-order valence-electron chi connectivity index (χ1n) is 4.48. The van der Waals surface area contributed by atoms with E-state index in [1.165, 1.54) is 18.2 Å². The van der Waals surface area contributed by atoms with Crippen LogP contribution in [0.3, 0.4) is 0 Å². The molecule has 0 aliphatic rings. The maximum atomic E-state index is 11.7. The molecule has 0 spiro atoms. The highest BCUT2D eigenvalue weighted by Gasteiger charge is 2.16. The van der Waals surface area contributed by atoms with Crippen LogP contribution in [0, 0.1) is 0 Å². The summed E-state index contributed by atoms with van der Waals surface area (Å²) >= 11 is 5.70. The highest BCUT2D eigenvalue weighted by Crippen LogP contribution is 2.22. The molecule has 0 unspecified atom stereocenters. The third kappa shape index (κ3) is 3.58. The molecule has 1 aromatic carbocycles. The Balaban J connectivity index is 2.90. The van der Waals surface area contributed by atoms with E-state index in [4.69, 9.17) is 17.3 Å². The molecule has 0 saturated carbocycles. The zero-order chi connectivity index (χ0) is 13.1. The van der Waals surface area contributed by atoms with Gasteiger partial charge in [-0.15, -0.1) is 0 Å². The van der Waals surface area contributed by atoms with Crippen LogP contribution in [-0.2, 0) is 19.6 Å². The van der Waals surface area contributed by atoms with Crippen molar-refractivity contribution < 1.29 is 17.9 Å². The first-order valence-corrected chi connectivity index (χ1v) is 6.34. The molecule has 94 valence electrons. The molecule has 0 atom stereocenters. The number of nitrogen functional groups attached to an aromatic ring is 1. The van der Waals surface area contributed by atoms with Crippen LogP contribution in [-0.4, -0.2) is 28.0 Å². The lowest BCUT2D eigenvalue weighted by Gasteiger charge is -2.06. The van der Waals surface area contributed by atoms with E-state index in [2.05, 4.69) is 9.46 Å². The van der Waals surface area contributed by atoms with Gasteiger partial charge in [-0.05, 0) is 18.2 Å². The minimum absolute atomic E-state index is 0.0689. The van der Waals surface area contributed by atoms with Crippen LogP contribution in [0.25, 0.3) is 0 Å².